The molecule has 0 bridgehead atoms. The third-order valence-corrected chi connectivity index (χ3v) is 6.56. The van der Waals surface area contributed by atoms with Crippen LogP contribution in [0.25, 0.3) is 6.08 Å². The lowest BCUT2D eigenvalue weighted by Gasteiger charge is -2.14. The monoisotopic (exact) mass is 504 g/mol. The van der Waals surface area contributed by atoms with Gasteiger partial charge in [-0.3, -0.25) is 14.5 Å². The summed E-state index contributed by atoms with van der Waals surface area (Å²) < 4.78 is 12.5. The molecule has 0 unspecified atom stereocenters. The molecule has 1 saturated heterocycles. The van der Waals surface area contributed by atoms with Crippen molar-refractivity contribution in [3.05, 3.63) is 100 Å². The van der Waals surface area contributed by atoms with E-state index in [1.54, 1.807) is 6.08 Å². The van der Waals surface area contributed by atoms with Crippen LogP contribution in [0.15, 0.2) is 83.8 Å². The number of nitrogens with two attached hydrogens (primary N) is 1. The number of ether oxygens (including phenoxy) is 2. The molecule has 178 valence electrons. The summed E-state index contributed by atoms with van der Waals surface area (Å²) in [7, 11) is 0. The number of rotatable bonds is 10. The van der Waals surface area contributed by atoms with Gasteiger partial charge in [0.15, 0.2) is 11.5 Å². The fraction of sp³-hybridized carbons (Fsp3) is 0.148. The molecule has 0 radical (unpaired) electrons. The molecule has 0 aliphatic carbocycles. The first-order valence-electron chi connectivity index (χ1n) is 11.0. The van der Waals surface area contributed by atoms with Gasteiger partial charge in [0.05, 0.1) is 11.5 Å². The Hall–Kier alpha value is -3.62. The van der Waals surface area contributed by atoms with E-state index >= 15 is 0 Å². The molecule has 1 aliphatic heterocycles. The summed E-state index contributed by atoms with van der Waals surface area (Å²) >= 11 is 6.37. The number of hydrogen-bond acceptors (Lipinski definition) is 6. The maximum Gasteiger partial charge on any atom is 0.266 e. The number of carbonyl (C=O) groups excluding carboxylic acids is 2. The first kappa shape index (κ1) is 24.5. The van der Waals surface area contributed by atoms with Gasteiger partial charge in [0.1, 0.15) is 17.5 Å². The van der Waals surface area contributed by atoms with E-state index in [0.29, 0.717) is 33.9 Å². The van der Waals surface area contributed by atoms with Gasteiger partial charge in [0.25, 0.3) is 5.91 Å². The van der Waals surface area contributed by atoms with Crippen molar-refractivity contribution < 1.29 is 19.1 Å². The second-order valence-corrected chi connectivity index (χ2v) is 9.47. The fourth-order valence-electron chi connectivity index (χ4n) is 3.45. The summed E-state index contributed by atoms with van der Waals surface area (Å²) in [5.74, 6) is 0.239. The van der Waals surface area contributed by atoms with Crippen LogP contribution >= 0.6 is 24.0 Å². The molecule has 2 amide bonds. The number of nitrogens with zero attached hydrogens (tertiary/aromatic N) is 1. The van der Waals surface area contributed by atoms with E-state index in [0.717, 1.165) is 29.3 Å². The minimum atomic E-state index is -0.615. The molecule has 6 nitrogen and oxygen atoms in total. The van der Waals surface area contributed by atoms with Crippen molar-refractivity contribution in [1.29, 1.82) is 0 Å². The van der Waals surface area contributed by atoms with Crippen LogP contribution in [0.1, 0.15) is 16.7 Å². The van der Waals surface area contributed by atoms with E-state index in [-0.39, 0.29) is 12.5 Å². The van der Waals surface area contributed by atoms with Crippen molar-refractivity contribution in [3.63, 3.8) is 0 Å². The van der Waals surface area contributed by atoms with Gasteiger partial charge >= 0.3 is 0 Å². The molecule has 3 aromatic rings. The molecule has 1 aliphatic rings. The van der Waals surface area contributed by atoms with Gasteiger partial charge in [-0.2, -0.15) is 0 Å². The number of carbonyl (C=O) groups is 2. The predicted octanol–water partition coefficient (Wildman–Crippen LogP) is 4.57. The average Bonchev–Trinajstić information content (AvgIpc) is 3.12. The summed E-state index contributed by atoms with van der Waals surface area (Å²) in [6, 6.07) is 25.5. The predicted molar refractivity (Wildman–Crippen MR) is 142 cm³/mol. The van der Waals surface area contributed by atoms with Crippen LogP contribution in [0.3, 0.4) is 0 Å². The SMILES string of the molecule is NC(=O)CN1C(=O)/C(=C/c2ccc(OCCc3ccccc3)c(OCc3ccccc3)c2)SC1=S. The van der Waals surface area contributed by atoms with Crippen molar-refractivity contribution >= 4 is 46.2 Å². The van der Waals surface area contributed by atoms with E-state index in [4.69, 9.17) is 27.4 Å². The van der Waals surface area contributed by atoms with Crippen LogP contribution < -0.4 is 15.2 Å². The Kier molecular flexibility index (Phi) is 8.18. The second-order valence-electron chi connectivity index (χ2n) is 7.80. The summed E-state index contributed by atoms with van der Waals surface area (Å²) in [6.45, 7) is 0.637. The van der Waals surface area contributed by atoms with E-state index in [9.17, 15) is 9.59 Å². The Morgan fingerprint density at radius 3 is 2.31 bits per heavy atom. The zero-order valence-corrected chi connectivity index (χ0v) is 20.5. The number of thioether (sulfide) groups is 1. The van der Waals surface area contributed by atoms with E-state index in [1.807, 2.05) is 66.7 Å². The van der Waals surface area contributed by atoms with Gasteiger partial charge in [0, 0.05) is 6.42 Å². The summed E-state index contributed by atoms with van der Waals surface area (Å²) in [5, 5.41) is 0. The fourth-order valence-corrected chi connectivity index (χ4v) is 4.70. The number of hydrogen-bond donors (Lipinski definition) is 1. The Balaban J connectivity index is 1.53. The topological polar surface area (TPSA) is 81.9 Å². The molecule has 0 aromatic heterocycles. The van der Waals surface area contributed by atoms with E-state index in [1.165, 1.54) is 10.5 Å². The molecule has 2 N–H and O–H groups in total. The van der Waals surface area contributed by atoms with Crippen molar-refractivity contribution in [2.45, 2.75) is 13.0 Å². The molecule has 4 rings (SSSR count). The van der Waals surface area contributed by atoms with Crippen LogP contribution in [-0.2, 0) is 22.6 Å². The van der Waals surface area contributed by atoms with Crippen LogP contribution in [0.4, 0.5) is 0 Å². The lowest BCUT2D eigenvalue weighted by molar-refractivity contribution is -0.127. The summed E-state index contributed by atoms with van der Waals surface area (Å²) in [6.07, 6.45) is 2.49. The zero-order valence-electron chi connectivity index (χ0n) is 18.9. The van der Waals surface area contributed by atoms with Gasteiger partial charge in [-0.25, -0.2) is 0 Å². The van der Waals surface area contributed by atoms with Crippen molar-refractivity contribution in [2.24, 2.45) is 5.73 Å². The molecule has 0 spiro atoms. The number of thiocarbonyl (C=S) groups is 1. The maximum atomic E-state index is 12.7. The van der Waals surface area contributed by atoms with Crippen molar-refractivity contribution in [1.82, 2.24) is 4.90 Å². The van der Waals surface area contributed by atoms with E-state index < -0.39 is 5.91 Å². The van der Waals surface area contributed by atoms with Crippen LogP contribution in [0.5, 0.6) is 11.5 Å². The standard InChI is InChI=1S/C27H24N2O4S2/c28-25(30)17-29-26(31)24(35-27(29)34)16-21-11-12-22(32-14-13-19-7-3-1-4-8-19)23(15-21)33-18-20-9-5-2-6-10-20/h1-12,15-16H,13-14,17-18H2,(H2,28,30)/b24-16-. The number of amides is 2. The lowest BCUT2D eigenvalue weighted by atomic mass is 10.1. The highest BCUT2D eigenvalue weighted by Crippen LogP contribution is 2.35. The molecular formula is C27H24N2O4S2. The molecule has 0 atom stereocenters. The molecule has 3 aromatic carbocycles. The number of benzene rings is 3. The highest BCUT2D eigenvalue weighted by atomic mass is 32.2. The minimum Gasteiger partial charge on any atom is -0.489 e. The third kappa shape index (κ3) is 6.71. The quantitative estimate of drug-likeness (QED) is 0.322. The van der Waals surface area contributed by atoms with Crippen LogP contribution in [0.2, 0.25) is 0 Å². The molecule has 8 heteroatoms. The minimum absolute atomic E-state index is 0.234. The third-order valence-electron chi connectivity index (χ3n) is 5.18. The molecule has 35 heavy (non-hydrogen) atoms. The second kappa shape index (κ2) is 11.7. The van der Waals surface area contributed by atoms with Gasteiger partial charge in [-0.05, 0) is 34.9 Å². The smallest absolute Gasteiger partial charge is 0.266 e. The van der Waals surface area contributed by atoms with E-state index in [2.05, 4.69) is 12.1 Å². The average molecular weight is 505 g/mol. The van der Waals surface area contributed by atoms with Crippen molar-refractivity contribution in [2.75, 3.05) is 13.2 Å². The summed E-state index contributed by atoms with van der Waals surface area (Å²) in [4.78, 5) is 25.6. The number of primary amides is 1. The van der Waals surface area contributed by atoms with Crippen molar-refractivity contribution in [3.8, 4) is 11.5 Å². The Labute approximate surface area is 213 Å². The first-order chi connectivity index (χ1) is 17.0. The van der Waals surface area contributed by atoms with Crippen LogP contribution in [0, 0.1) is 0 Å². The molecular weight excluding hydrogens is 480 g/mol. The zero-order chi connectivity index (χ0) is 24.6. The molecule has 1 heterocycles. The highest BCUT2D eigenvalue weighted by Gasteiger charge is 2.32. The highest BCUT2D eigenvalue weighted by molar-refractivity contribution is 8.26. The summed E-state index contributed by atoms with van der Waals surface area (Å²) in [5.41, 5.74) is 8.21. The maximum absolute atomic E-state index is 12.7. The van der Waals surface area contributed by atoms with Gasteiger partial charge in [-0.15, -0.1) is 0 Å². The van der Waals surface area contributed by atoms with Crippen LogP contribution in [-0.4, -0.2) is 34.2 Å². The molecule has 0 saturated carbocycles. The largest absolute Gasteiger partial charge is 0.489 e. The Morgan fingerprint density at radius 2 is 1.63 bits per heavy atom. The Bertz CT molecular complexity index is 1250. The van der Waals surface area contributed by atoms with Gasteiger partial charge < -0.3 is 15.2 Å². The normalized spacial score (nSPS) is 14.4. The van der Waals surface area contributed by atoms with Gasteiger partial charge in [-0.1, -0.05) is 90.7 Å². The first-order valence-corrected chi connectivity index (χ1v) is 12.2. The van der Waals surface area contributed by atoms with Gasteiger partial charge in [0.2, 0.25) is 5.91 Å². The lowest BCUT2D eigenvalue weighted by Crippen LogP contribution is -2.36. The Morgan fingerprint density at radius 1 is 0.943 bits per heavy atom. The molecule has 1 fully saturated rings.